The molecular weight excluding hydrogens is 442 g/mol. The highest BCUT2D eigenvalue weighted by Gasteiger charge is 2.17. The van der Waals surface area contributed by atoms with E-state index in [-0.39, 0.29) is 12.7 Å². The van der Waals surface area contributed by atoms with E-state index >= 15 is 0 Å². The normalized spacial score (nSPS) is 11.6. The molecule has 4 nitrogen and oxygen atoms in total. The summed E-state index contributed by atoms with van der Waals surface area (Å²) < 4.78 is 8.05. The van der Waals surface area contributed by atoms with Gasteiger partial charge in [-0.3, -0.25) is 0 Å². The van der Waals surface area contributed by atoms with Crippen LogP contribution in [0.4, 0.5) is 0 Å². The highest BCUT2D eigenvalue weighted by atomic mass is 35.5. The van der Waals surface area contributed by atoms with Crippen LogP contribution in [0.5, 0.6) is 0 Å². The molecule has 0 aliphatic heterocycles. The van der Waals surface area contributed by atoms with Crippen molar-refractivity contribution in [1.82, 2.24) is 9.55 Å². The van der Waals surface area contributed by atoms with Gasteiger partial charge in [-0.05, 0) is 36.8 Å². The molecule has 3 aromatic rings. The molecule has 0 saturated heterocycles. The number of hydrogen-bond donors (Lipinski definition) is 1. The van der Waals surface area contributed by atoms with Crippen LogP contribution in [0, 0.1) is 0 Å². The second-order valence-electron chi connectivity index (χ2n) is 5.78. The lowest BCUT2D eigenvalue weighted by Gasteiger charge is -2.21. The van der Waals surface area contributed by atoms with Gasteiger partial charge in [-0.15, -0.1) is 0 Å². The summed E-state index contributed by atoms with van der Waals surface area (Å²) in [7, 11) is 0. The molecule has 2 aromatic carbocycles. The van der Waals surface area contributed by atoms with E-state index in [1.165, 1.54) is 0 Å². The molecule has 0 saturated carbocycles. The van der Waals surface area contributed by atoms with Gasteiger partial charge in [-0.25, -0.2) is 4.98 Å². The number of hydrogen-bond acceptors (Lipinski definition) is 3. The first-order valence-electron chi connectivity index (χ1n) is 8.51. The second-order valence-corrected chi connectivity index (χ2v) is 7.46. The third-order valence-electron chi connectivity index (χ3n) is 3.70. The van der Waals surface area contributed by atoms with Crippen molar-refractivity contribution in [1.29, 1.82) is 0 Å². The fourth-order valence-electron chi connectivity index (χ4n) is 2.42. The molecule has 1 N–H and O–H groups in total. The first kappa shape index (κ1) is 23.0. The largest absolute Gasteiger partial charge is 0.397 e. The van der Waals surface area contributed by atoms with Gasteiger partial charge in [0.05, 0.1) is 19.5 Å². The first-order chi connectivity index (χ1) is 13.4. The minimum absolute atomic E-state index is 0.250. The van der Waals surface area contributed by atoms with Crippen LogP contribution in [0.15, 0.2) is 55.1 Å². The number of aliphatic hydroxyl groups excluding tert-OH is 1. The topological polar surface area (TPSA) is 47.3 Å². The molecule has 0 radical (unpaired) electrons. The lowest BCUT2D eigenvalue weighted by Crippen LogP contribution is -2.12. The van der Waals surface area contributed by atoms with Gasteiger partial charge in [0.25, 0.3) is 0 Å². The molecule has 0 amide bonds. The minimum atomic E-state index is -0.286. The Hall–Kier alpha value is -1.27. The predicted octanol–water partition coefficient (Wildman–Crippen LogP) is 6.45. The summed E-state index contributed by atoms with van der Waals surface area (Å²) in [6.07, 6.45) is 5.03. The molecule has 0 aliphatic rings. The first-order valence-corrected chi connectivity index (χ1v) is 10.0. The number of halogens is 4. The van der Waals surface area contributed by atoms with Crippen molar-refractivity contribution < 1.29 is 9.84 Å². The Morgan fingerprint density at radius 3 is 2.25 bits per heavy atom. The average Bonchev–Trinajstić information content (AvgIpc) is 3.14. The summed E-state index contributed by atoms with van der Waals surface area (Å²) in [5.41, 5.74) is 1.71. The van der Waals surface area contributed by atoms with Crippen LogP contribution in [-0.2, 0) is 17.9 Å². The zero-order chi connectivity index (χ0) is 20.5. The van der Waals surface area contributed by atoms with Crippen molar-refractivity contribution in [2.24, 2.45) is 0 Å². The fourth-order valence-corrected chi connectivity index (χ4v) is 3.41. The van der Waals surface area contributed by atoms with E-state index in [0.717, 1.165) is 11.1 Å². The minimum Gasteiger partial charge on any atom is -0.397 e. The summed E-state index contributed by atoms with van der Waals surface area (Å²) in [5, 5.41) is 9.86. The van der Waals surface area contributed by atoms with E-state index in [9.17, 15) is 0 Å². The number of aromatic nitrogens is 2. The SMILES string of the molecule is CCO.Clc1ccc(COC(Cn2ccnc2)c2ccc(Cl)cc2Cl)c(Cl)c1. The lowest BCUT2D eigenvalue weighted by atomic mass is 10.1. The van der Waals surface area contributed by atoms with Gasteiger partial charge in [0.1, 0.15) is 6.10 Å². The van der Waals surface area contributed by atoms with E-state index in [2.05, 4.69) is 4.98 Å². The van der Waals surface area contributed by atoms with Crippen molar-refractivity contribution >= 4 is 46.4 Å². The van der Waals surface area contributed by atoms with Gasteiger partial charge in [0.2, 0.25) is 0 Å². The van der Waals surface area contributed by atoms with Crippen molar-refractivity contribution in [3.63, 3.8) is 0 Å². The summed E-state index contributed by atoms with van der Waals surface area (Å²) >= 11 is 24.5. The van der Waals surface area contributed by atoms with Crippen LogP contribution in [0.3, 0.4) is 0 Å². The second kappa shape index (κ2) is 11.7. The van der Waals surface area contributed by atoms with Crippen LogP contribution in [0.1, 0.15) is 24.2 Å². The molecule has 0 aliphatic carbocycles. The zero-order valence-corrected chi connectivity index (χ0v) is 18.2. The van der Waals surface area contributed by atoms with Gasteiger partial charge >= 0.3 is 0 Å². The van der Waals surface area contributed by atoms with Gasteiger partial charge in [-0.1, -0.05) is 58.5 Å². The van der Waals surface area contributed by atoms with Crippen LogP contribution < -0.4 is 0 Å². The maximum Gasteiger partial charge on any atom is 0.102 e. The third-order valence-corrected chi connectivity index (χ3v) is 4.85. The van der Waals surface area contributed by atoms with E-state index in [1.54, 1.807) is 43.7 Å². The molecule has 1 atom stereocenters. The van der Waals surface area contributed by atoms with Crippen molar-refractivity contribution in [2.45, 2.75) is 26.2 Å². The van der Waals surface area contributed by atoms with Crippen molar-refractivity contribution in [3.8, 4) is 0 Å². The predicted molar refractivity (Wildman–Crippen MR) is 115 cm³/mol. The monoisotopic (exact) mass is 460 g/mol. The Bertz CT molecular complexity index is 873. The molecule has 1 unspecified atom stereocenters. The maximum atomic E-state index is 7.57. The number of benzene rings is 2. The van der Waals surface area contributed by atoms with E-state index in [0.29, 0.717) is 33.2 Å². The fraction of sp³-hybridized carbons (Fsp3) is 0.250. The molecule has 150 valence electrons. The van der Waals surface area contributed by atoms with E-state index in [1.807, 2.05) is 22.9 Å². The van der Waals surface area contributed by atoms with Crippen molar-refractivity contribution in [3.05, 3.63) is 86.3 Å². The number of aliphatic hydroxyl groups is 1. The van der Waals surface area contributed by atoms with Crippen LogP contribution in [0.2, 0.25) is 20.1 Å². The highest BCUT2D eigenvalue weighted by molar-refractivity contribution is 6.35. The number of nitrogens with zero attached hydrogens (tertiary/aromatic N) is 2. The Kier molecular flexibility index (Phi) is 9.59. The van der Waals surface area contributed by atoms with Gasteiger partial charge < -0.3 is 14.4 Å². The maximum absolute atomic E-state index is 7.57. The summed E-state index contributed by atoms with van der Waals surface area (Å²) in [5.74, 6) is 0. The Morgan fingerprint density at radius 1 is 1.04 bits per heavy atom. The van der Waals surface area contributed by atoms with Gasteiger partial charge in [-0.2, -0.15) is 0 Å². The standard InChI is InChI=1S/C18H14Cl4N2O.C2H6O/c19-13-2-1-12(16(21)7-13)10-25-18(9-24-6-5-23-11-24)15-4-3-14(20)8-17(15)22;1-2-3/h1-8,11,18H,9-10H2;3H,2H2,1H3. The number of ether oxygens (including phenoxy) is 1. The van der Waals surface area contributed by atoms with Crippen LogP contribution in [0.25, 0.3) is 0 Å². The molecular formula is C20H20Cl4N2O2. The smallest absolute Gasteiger partial charge is 0.102 e. The van der Waals surface area contributed by atoms with Crippen LogP contribution in [-0.4, -0.2) is 21.3 Å². The summed E-state index contributed by atoms with van der Waals surface area (Å²) in [6, 6.07) is 10.7. The summed E-state index contributed by atoms with van der Waals surface area (Å²) in [4.78, 5) is 4.07. The van der Waals surface area contributed by atoms with Gasteiger partial charge in [0, 0.05) is 44.7 Å². The quantitative estimate of drug-likeness (QED) is 0.458. The molecule has 8 heteroatoms. The lowest BCUT2D eigenvalue weighted by molar-refractivity contribution is 0.0281. The Balaban J connectivity index is 0.000000878. The molecule has 1 aromatic heterocycles. The molecule has 3 rings (SSSR count). The molecule has 0 bridgehead atoms. The average molecular weight is 462 g/mol. The van der Waals surface area contributed by atoms with E-state index in [4.69, 9.17) is 56.2 Å². The summed E-state index contributed by atoms with van der Waals surface area (Å²) in [6.45, 7) is 2.82. The van der Waals surface area contributed by atoms with Crippen LogP contribution >= 0.6 is 46.4 Å². The Labute approximate surface area is 184 Å². The zero-order valence-electron chi connectivity index (χ0n) is 15.2. The Morgan fingerprint density at radius 2 is 1.68 bits per heavy atom. The molecule has 0 fully saturated rings. The molecule has 28 heavy (non-hydrogen) atoms. The third kappa shape index (κ3) is 6.96. The number of rotatable bonds is 6. The molecule has 1 heterocycles. The highest BCUT2D eigenvalue weighted by Crippen LogP contribution is 2.31. The number of imidazole rings is 1. The van der Waals surface area contributed by atoms with E-state index < -0.39 is 0 Å². The van der Waals surface area contributed by atoms with Gasteiger partial charge in [0.15, 0.2) is 0 Å². The molecule has 0 spiro atoms. The van der Waals surface area contributed by atoms with Crippen molar-refractivity contribution in [2.75, 3.05) is 6.61 Å².